The van der Waals surface area contributed by atoms with E-state index in [-0.39, 0.29) is 10.6 Å². The highest BCUT2D eigenvalue weighted by Crippen LogP contribution is 2.32. The molecule has 0 spiro atoms. The number of nitrogens with one attached hydrogen (secondary N) is 1. The van der Waals surface area contributed by atoms with Crippen LogP contribution in [-0.2, 0) is 20.0 Å². The molecule has 0 radical (unpaired) electrons. The molecule has 2 aromatic rings. The fraction of sp³-hybridized carbons (Fsp3) is 0.368. The van der Waals surface area contributed by atoms with Crippen molar-refractivity contribution in [1.82, 2.24) is 0 Å². The van der Waals surface area contributed by atoms with Gasteiger partial charge in [-0.2, -0.15) is 0 Å². The van der Waals surface area contributed by atoms with E-state index in [4.69, 9.17) is 0 Å². The molecule has 1 saturated heterocycles. The van der Waals surface area contributed by atoms with E-state index < -0.39 is 20.0 Å². The van der Waals surface area contributed by atoms with Gasteiger partial charge in [0, 0.05) is 11.0 Å². The third-order valence-corrected chi connectivity index (χ3v) is 8.79. The average Bonchev–Trinajstić information content (AvgIpc) is 2.59. The van der Waals surface area contributed by atoms with E-state index in [2.05, 4.69) is 20.7 Å². The maximum atomic E-state index is 13.0. The summed E-state index contributed by atoms with van der Waals surface area (Å²) in [5.41, 5.74) is 3.11. The summed E-state index contributed by atoms with van der Waals surface area (Å²) in [5, 5.41) is 0. The molecular formula is C19H23BrN2O4S2. The molecule has 0 amide bonds. The van der Waals surface area contributed by atoms with Crippen molar-refractivity contribution in [2.45, 2.75) is 38.5 Å². The number of nitrogens with zero attached hydrogens (tertiary/aromatic N) is 1. The van der Waals surface area contributed by atoms with Gasteiger partial charge in [-0.1, -0.05) is 6.07 Å². The third kappa shape index (κ3) is 4.21. The Hall–Kier alpha value is -1.58. The number of benzene rings is 2. The lowest BCUT2D eigenvalue weighted by Crippen LogP contribution is -2.38. The SMILES string of the molecule is Cc1ccc(NS(=O)(=O)c2cc(C)c(N3CCCCS3(=O)=O)cc2C)c(Br)c1. The zero-order valence-electron chi connectivity index (χ0n) is 16.0. The minimum absolute atomic E-state index is 0.120. The van der Waals surface area contributed by atoms with Gasteiger partial charge in [-0.25, -0.2) is 16.8 Å². The topological polar surface area (TPSA) is 83.6 Å². The Morgan fingerprint density at radius 3 is 2.39 bits per heavy atom. The smallest absolute Gasteiger partial charge is 0.262 e. The largest absolute Gasteiger partial charge is 0.278 e. The molecule has 0 atom stereocenters. The molecule has 0 saturated carbocycles. The van der Waals surface area contributed by atoms with E-state index in [0.717, 1.165) is 12.0 Å². The maximum Gasteiger partial charge on any atom is 0.262 e. The summed E-state index contributed by atoms with van der Waals surface area (Å²) < 4.78 is 55.4. The van der Waals surface area contributed by atoms with Gasteiger partial charge in [-0.05, 0) is 90.5 Å². The molecule has 152 valence electrons. The summed E-state index contributed by atoms with van der Waals surface area (Å²) in [5.74, 6) is 0.120. The Balaban J connectivity index is 2.00. The fourth-order valence-electron chi connectivity index (χ4n) is 3.29. The minimum atomic E-state index is -3.83. The summed E-state index contributed by atoms with van der Waals surface area (Å²) in [7, 11) is -7.19. The normalized spacial score (nSPS) is 16.8. The maximum absolute atomic E-state index is 13.0. The number of halogens is 1. The number of hydrogen-bond donors (Lipinski definition) is 1. The van der Waals surface area contributed by atoms with Gasteiger partial charge >= 0.3 is 0 Å². The van der Waals surface area contributed by atoms with Gasteiger partial charge in [0.15, 0.2) is 0 Å². The van der Waals surface area contributed by atoms with Crippen molar-refractivity contribution in [1.29, 1.82) is 0 Å². The first kappa shape index (κ1) is 21.1. The first-order chi connectivity index (χ1) is 13.0. The van der Waals surface area contributed by atoms with Gasteiger partial charge in [0.1, 0.15) is 0 Å². The number of aryl methyl sites for hydroxylation is 3. The monoisotopic (exact) mass is 486 g/mol. The summed E-state index contributed by atoms with van der Waals surface area (Å²) in [6, 6.07) is 8.55. The van der Waals surface area contributed by atoms with Gasteiger partial charge < -0.3 is 0 Å². The molecule has 1 N–H and O–H groups in total. The molecule has 1 heterocycles. The predicted molar refractivity (Wildman–Crippen MR) is 116 cm³/mol. The second-order valence-electron chi connectivity index (χ2n) is 7.09. The van der Waals surface area contributed by atoms with Gasteiger partial charge in [-0.3, -0.25) is 9.03 Å². The molecule has 2 aromatic carbocycles. The number of sulfonamides is 2. The first-order valence-corrected chi connectivity index (χ1v) is 12.8. The van der Waals surface area contributed by atoms with Crippen LogP contribution in [0.4, 0.5) is 11.4 Å². The number of rotatable bonds is 4. The molecule has 0 aromatic heterocycles. The second-order valence-corrected chi connectivity index (χ2v) is 11.6. The van der Waals surface area contributed by atoms with Crippen LogP contribution in [0.1, 0.15) is 29.5 Å². The molecule has 6 nitrogen and oxygen atoms in total. The average molecular weight is 487 g/mol. The van der Waals surface area contributed by atoms with Crippen molar-refractivity contribution in [3.8, 4) is 0 Å². The summed E-state index contributed by atoms with van der Waals surface area (Å²) in [6.45, 7) is 5.76. The van der Waals surface area contributed by atoms with E-state index in [1.54, 1.807) is 32.0 Å². The Morgan fingerprint density at radius 2 is 1.75 bits per heavy atom. The lowest BCUT2D eigenvalue weighted by Gasteiger charge is -2.30. The molecular weight excluding hydrogens is 464 g/mol. The Labute approximate surface area is 175 Å². The zero-order chi connectivity index (χ0) is 20.7. The molecule has 28 heavy (non-hydrogen) atoms. The van der Waals surface area contributed by atoms with Gasteiger partial charge in [0.2, 0.25) is 10.0 Å². The summed E-state index contributed by atoms with van der Waals surface area (Å²) >= 11 is 3.38. The van der Waals surface area contributed by atoms with Crippen LogP contribution in [0.5, 0.6) is 0 Å². The summed E-state index contributed by atoms with van der Waals surface area (Å²) in [4.78, 5) is 0.135. The van der Waals surface area contributed by atoms with E-state index in [0.29, 0.717) is 39.9 Å². The molecule has 3 rings (SSSR count). The lowest BCUT2D eigenvalue weighted by molar-refractivity contribution is 0.574. The van der Waals surface area contributed by atoms with Crippen LogP contribution in [0.15, 0.2) is 39.7 Å². The van der Waals surface area contributed by atoms with Gasteiger partial charge in [0.25, 0.3) is 10.0 Å². The number of anilines is 2. The predicted octanol–water partition coefficient (Wildman–Crippen LogP) is 4.11. The molecule has 1 fully saturated rings. The molecule has 0 unspecified atom stereocenters. The van der Waals surface area contributed by atoms with E-state index in [1.807, 2.05) is 19.1 Å². The second kappa shape index (κ2) is 7.68. The van der Waals surface area contributed by atoms with Crippen LogP contribution < -0.4 is 9.03 Å². The van der Waals surface area contributed by atoms with Crippen LogP contribution in [0.3, 0.4) is 0 Å². The molecule has 0 bridgehead atoms. The van der Waals surface area contributed by atoms with Crippen LogP contribution in [-0.4, -0.2) is 29.1 Å². The Kier molecular flexibility index (Phi) is 5.80. The number of hydrogen-bond acceptors (Lipinski definition) is 4. The van der Waals surface area contributed by atoms with Crippen molar-refractivity contribution >= 4 is 47.4 Å². The lowest BCUT2D eigenvalue weighted by atomic mass is 10.1. The van der Waals surface area contributed by atoms with Crippen molar-refractivity contribution < 1.29 is 16.8 Å². The quantitative estimate of drug-likeness (QED) is 0.704. The van der Waals surface area contributed by atoms with E-state index in [1.165, 1.54) is 4.31 Å². The fourth-order valence-corrected chi connectivity index (χ4v) is 7.10. The highest BCUT2D eigenvalue weighted by atomic mass is 79.9. The van der Waals surface area contributed by atoms with Gasteiger partial charge in [-0.15, -0.1) is 0 Å². The van der Waals surface area contributed by atoms with Crippen LogP contribution >= 0.6 is 15.9 Å². The van der Waals surface area contributed by atoms with Crippen LogP contribution in [0.2, 0.25) is 0 Å². The van der Waals surface area contributed by atoms with Crippen LogP contribution in [0.25, 0.3) is 0 Å². The van der Waals surface area contributed by atoms with Gasteiger partial charge in [0.05, 0.1) is 22.0 Å². The van der Waals surface area contributed by atoms with E-state index >= 15 is 0 Å². The highest BCUT2D eigenvalue weighted by Gasteiger charge is 2.29. The van der Waals surface area contributed by atoms with Crippen molar-refractivity contribution in [3.05, 3.63) is 51.5 Å². The van der Waals surface area contributed by atoms with Crippen molar-refractivity contribution in [3.63, 3.8) is 0 Å². The third-order valence-electron chi connectivity index (χ3n) is 4.77. The Morgan fingerprint density at radius 1 is 1.04 bits per heavy atom. The van der Waals surface area contributed by atoms with Crippen molar-refractivity contribution in [2.75, 3.05) is 21.3 Å². The Bertz CT molecular complexity index is 1130. The molecule has 9 heteroatoms. The zero-order valence-corrected chi connectivity index (χ0v) is 19.2. The molecule has 1 aliphatic rings. The standard InChI is InChI=1S/C19H23BrN2O4S2/c1-13-6-7-17(16(20)10-13)21-28(25,26)19-12-14(2)18(11-15(19)3)22-8-4-5-9-27(22,23)24/h6-7,10-12,21H,4-5,8-9H2,1-3H3. The molecule has 1 aliphatic heterocycles. The van der Waals surface area contributed by atoms with E-state index in [9.17, 15) is 16.8 Å². The molecule has 0 aliphatic carbocycles. The minimum Gasteiger partial charge on any atom is -0.278 e. The highest BCUT2D eigenvalue weighted by molar-refractivity contribution is 9.10. The summed E-state index contributed by atoms with van der Waals surface area (Å²) in [6.07, 6.45) is 1.44. The first-order valence-electron chi connectivity index (χ1n) is 8.92. The van der Waals surface area contributed by atoms with Crippen molar-refractivity contribution in [2.24, 2.45) is 0 Å². The van der Waals surface area contributed by atoms with Crippen LogP contribution in [0, 0.1) is 20.8 Å².